The zero-order chi connectivity index (χ0) is 15.0. The van der Waals surface area contributed by atoms with E-state index in [4.69, 9.17) is 5.73 Å². The van der Waals surface area contributed by atoms with Crippen LogP contribution in [-0.2, 0) is 9.59 Å². The number of carbonyl (C=O) groups excluding carboxylic acids is 3. The topological polar surface area (TPSA) is 117 Å². The zero-order valence-corrected chi connectivity index (χ0v) is 11.8. The van der Waals surface area contributed by atoms with Crippen molar-refractivity contribution >= 4 is 17.8 Å². The van der Waals surface area contributed by atoms with E-state index < -0.39 is 6.03 Å². The van der Waals surface area contributed by atoms with Crippen LogP contribution in [0.5, 0.6) is 0 Å². The van der Waals surface area contributed by atoms with Crippen LogP contribution in [0.15, 0.2) is 0 Å². The van der Waals surface area contributed by atoms with Gasteiger partial charge in [-0.3, -0.25) is 19.8 Å². The van der Waals surface area contributed by atoms with Gasteiger partial charge < -0.3 is 16.4 Å². The maximum absolute atomic E-state index is 11.9. The zero-order valence-electron chi connectivity index (χ0n) is 11.8. The van der Waals surface area contributed by atoms with Gasteiger partial charge in [0.05, 0.1) is 12.5 Å². The number of carbonyl (C=O) groups is 3. The number of imide groups is 1. The first kappa shape index (κ1) is 16.4. The van der Waals surface area contributed by atoms with Crippen molar-refractivity contribution in [2.45, 2.75) is 12.8 Å². The van der Waals surface area contributed by atoms with Crippen LogP contribution in [0.2, 0.25) is 0 Å². The van der Waals surface area contributed by atoms with Crippen LogP contribution >= 0.6 is 0 Å². The smallest absolute Gasteiger partial charge is 0.321 e. The van der Waals surface area contributed by atoms with Gasteiger partial charge in [0.2, 0.25) is 11.8 Å². The fourth-order valence-corrected chi connectivity index (χ4v) is 2.18. The number of nitrogens with one attached hydrogen (secondary N) is 3. The van der Waals surface area contributed by atoms with E-state index in [0.29, 0.717) is 19.6 Å². The molecule has 0 radical (unpaired) electrons. The molecule has 20 heavy (non-hydrogen) atoms. The summed E-state index contributed by atoms with van der Waals surface area (Å²) in [7, 11) is 1.45. The molecule has 1 aliphatic rings. The SMILES string of the molecule is CNC(=O)NC(=O)CN1CCCC(C(=O)NCCN)C1. The Kier molecular flexibility index (Phi) is 6.96. The van der Waals surface area contributed by atoms with E-state index in [0.717, 1.165) is 19.4 Å². The van der Waals surface area contributed by atoms with Gasteiger partial charge in [0.15, 0.2) is 0 Å². The number of urea groups is 1. The molecular weight excluding hydrogens is 262 g/mol. The van der Waals surface area contributed by atoms with Gasteiger partial charge in [0.25, 0.3) is 0 Å². The van der Waals surface area contributed by atoms with Gasteiger partial charge >= 0.3 is 6.03 Å². The van der Waals surface area contributed by atoms with Gasteiger partial charge in [-0.2, -0.15) is 0 Å². The van der Waals surface area contributed by atoms with Crippen LogP contribution in [0, 0.1) is 5.92 Å². The number of likely N-dealkylation sites (tertiary alicyclic amines) is 1. The lowest BCUT2D eigenvalue weighted by Crippen LogP contribution is -2.48. The molecule has 0 saturated carbocycles. The first-order valence-corrected chi connectivity index (χ1v) is 6.78. The predicted molar refractivity (Wildman–Crippen MR) is 73.8 cm³/mol. The van der Waals surface area contributed by atoms with Gasteiger partial charge in [-0.15, -0.1) is 0 Å². The van der Waals surface area contributed by atoms with Crippen LogP contribution in [0.4, 0.5) is 4.79 Å². The predicted octanol–water partition coefficient (Wildman–Crippen LogP) is -1.77. The minimum absolute atomic E-state index is 0.0214. The second kappa shape index (κ2) is 8.49. The second-order valence-electron chi connectivity index (χ2n) is 4.78. The van der Waals surface area contributed by atoms with Crippen molar-refractivity contribution in [3.05, 3.63) is 0 Å². The second-order valence-corrected chi connectivity index (χ2v) is 4.78. The average Bonchev–Trinajstić information content (AvgIpc) is 2.44. The Morgan fingerprint density at radius 1 is 1.35 bits per heavy atom. The minimum Gasteiger partial charge on any atom is -0.355 e. The summed E-state index contributed by atoms with van der Waals surface area (Å²) < 4.78 is 0. The molecule has 0 aromatic heterocycles. The highest BCUT2D eigenvalue weighted by atomic mass is 16.2. The average molecular weight is 285 g/mol. The molecule has 1 rings (SSSR count). The minimum atomic E-state index is -0.524. The monoisotopic (exact) mass is 285 g/mol. The summed E-state index contributed by atoms with van der Waals surface area (Å²) in [5, 5.41) is 7.29. The molecule has 5 N–H and O–H groups in total. The molecule has 0 aliphatic carbocycles. The van der Waals surface area contributed by atoms with Crippen molar-refractivity contribution < 1.29 is 14.4 Å². The molecule has 0 bridgehead atoms. The van der Waals surface area contributed by atoms with Crippen molar-refractivity contribution in [3.63, 3.8) is 0 Å². The van der Waals surface area contributed by atoms with E-state index >= 15 is 0 Å². The number of hydrogen-bond acceptors (Lipinski definition) is 5. The standard InChI is InChI=1S/C12H23N5O3/c1-14-12(20)16-10(18)8-17-6-2-3-9(7-17)11(19)15-5-4-13/h9H,2-8,13H2,1H3,(H,15,19)(H2,14,16,18,20). The fourth-order valence-electron chi connectivity index (χ4n) is 2.18. The van der Waals surface area contributed by atoms with Gasteiger partial charge in [-0.1, -0.05) is 0 Å². The Balaban J connectivity index is 2.38. The first-order valence-electron chi connectivity index (χ1n) is 6.78. The van der Waals surface area contributed by atoms with Gasteiger partial charge in [-0.25, -0.2) is 4.79 Å². The Hall–Kier alpha value is -1.67. The number of piperidine rings is 1. The Labute approximate surface area is 118 Å². The molecule has 0 aromatic rings. The number of hydrogen-bond donors (Lipinski definition) is 4. The lowest BCUT2D eigenvalue weighted by molar-refractivity contribution is -0.128. The molecule has 1 aliphatic heterocycles. The van der Waals surface area contributed by atoms with Crippen LogP contribution < -0.4 is 21.7 Å². The Bertz CT molecular complexity index is 361. The molecule has 1 atom stereocenters. The van der Waals surface area contributed by atoms with Crippen LogP contribution in [-0.4, -0.2) is 62.5 Å². The molecule has 4 amide bonds. The van der Waals surface area contributed by atoms with E-state index in [1.807, 2.05) is 4.90 Å². The van der Waals surface area contributed by atoms with Crippen molar-refractivity contribution in [2.24, 2.45) is 11.7 Å². The molecule has 1 unspecified atom stereocenters. The van der Waals surface area contributed by atoms with Gasteiger partial charge in [0.1, 0.15) is 0 Å². The number of nitrogens with zero attached hydrogens (tertiary/aromatic N) is 1. The molecule has 0 aromatic carbocycles. The number of rotatable bonds is 5. The normalized spacial score (nSPS) is 19.2. The maximum Gasteiger partial charge on any atom is 0.321 e. The summed E-state index contributed by atoms with van der Waals surface area (Å²) in [6, 6.07) is -0.524. The van der Waals surface area contributed by atoms with E-state index in [-0.39, 0.29) is 24.3 Å². The molecule has 1 fully saturated rings. The highest BCUT2D eigenvalue weighted by Gasteiger charge is 2.26. The molecule has 1 saturated heterocycles. The summed E-state index contributed by atoms with van der Waals surface area (Å²) in [5.74, 6) is -0.512. The number of amides is 4. The largest absolute Gasteiger partial charge is 0.355 e. The van der Waals surface area contributed by atoms with Crippen molar-refractivity contribution in [3.8, 4) is 0 Å². The molecular formula is C12H23N5O3. The van der Waals surface area contributed by atoms with E-state index in [1.54, 1.807) is 0 Å². The lowest BCUT2D eigenvalue weighted by Gasteiger charge is -2.31. The first-order chi connectivity index (χ1) is 9.56. The fraction of sp³-hybridized carbons (Fsp3) is 0.750. The molecule has 114 valence electrons. The molecule has 8 heteroatoms. The molecule has 8 nitrogen and oxygen atoms in total. The van der Waals surface area contributed by atoms with Crippen molar-refractivity contribution in [1.82, 2.24) is 20.9 Å². The quantitative estimate of drug-likeness (QED) is 0.477. The highest BCUT2D eigenvalue weighted by molar-refractivity contribution is 5.95. The van der Waals surface area contributed by atoms with Gasteiger partial charge in [0, 0.05) is 26.7 Å². The highest BCUT2D eigenvalue weighted by Crippen LogP contribution is 2.16. The van der Waals surface area contributed by atoms with E-state index in [9.17, 15) is 14.4 Å². The third-order valence-corrected chi connectivity index (χ3v) is 3.17. The summed E-state index contributed by atoms with van der Waals surface area (Å²) in [4.78, 5) is 36.4. The van der Waals surface area contributed by atoms with Crippen molar-refractivity contribution in [1.29, 1.82) is 0 Å². The van der Waals surface area contributed by atoms with Crippen LogP contribution in [0.1, 0.15) is 12.8 Å². The summed E-state index contributed by atoms with van der Waals surface area (Å²) in [6.07, 6.45) is 1.66. The Morgan fingerprint density at radius 2 is 2.10 bits per heavy atom. The van der Waals surface area contributed by atoms with Crippen molar-refractivity contribution in [2.75, 3.05) is 39.8 Å². The summed E-state index contributed by atoms with van der Waals surface area (Å²) >= 11 is 0. The van der Waals surface area contributed by atoms with E-state index in [2.05, 4.69) is 16.0 Å². The van der Waals surface area contributed by atoms with Crippen LogP contribution in [0.25, 0.3) is 0 Å². The van der Waals surface area contributed by atoms with Gasteiger partial charge in [-0.05, 0) is 19.4 Å². The van der Waals surface area contributed by atoms with E-state index in [1.165, 1.54) is 7.05 Å². The summed E-state index contributed by atoms with van der Waals surface area (Å²) in [6.45, 7) is 2.27. The third kappa shape index (κ3) is 5.54. The Morgan fingerprint density at radius 3 is 2.75 bits per heavy atom. The number of nitrogens with two attached hydrogens (primary N) is 1. The maximum atomic E-state index is 11.9. The van der Waals surface area contributed by atoms with Crippen LogP contribution in [0.3, 0.4) is 0 Å². The molecule has 1 heterocycles. The lowest BCUT2D eigenvalue weighted by atomic mass is 9.97. The third-order valence-electron chi connectivity index (χ3n) is 3.17. The summed E-state index contributed by atoms with van der Waals surface area (Å²) in [5.41, 5.74) is 5.34. The molecule has 0 spiro atoms.